The highest BCUT2D eigenvalue weighted by atomic mass is 15.1. The Labute approximate surface area is 382 Å². The van der Waals surface area contributed by atoms with Gasteiger partial charge in [0.05, 0.1) is 0 Å². The minimum absolute atomic E-state index is 0.360. The molecule has 64 heavy (non-hydrogen) atoms. The zero-order valence-electron chi connectivity index (χ0n) is 38.7. The molecule has 6 aliphatic rings. The number of anilines is 3. The second kappa shape index (κ2) is 14.7. The highest BCUT2D eigenvalue weighted by Crippen LogP contribution is 2.67. The van der Waals surface area contributed by atoms with Gasteiger partial charge in [-0.05, 0) is 193 Å². The second-order valence-corrected chi connectivity index (χ2v) is 22.2. The van der Waals surface area contributed by atoms with Crippen LogP contribution >= 0.6 is 0 Å². The Bertz CT molecular complexity index is 2560. The lowest BCUT2D eigenvalue weighted by Gasteiger charge is -2.26. The molecule has 0 heterocycles. The number of fused-ring (bicyclic) bond motifs is 15. The Morgan fingerprint density at radius 1 is 0.328 bits per heavy atom. The maximum Gasteiger partial charge on any atom is 0.0462 e. The predicted molar refractivity (Wildman–Crippen MR) is 273 cm³/mol. The molecule has 320 valence electrons. The summed E-state index contributed by atoms with van der Waals surface area (Å²) in [4.78, 5) is 2.41. The second-order valence-electron chi connectivity index (χ2n) is 22.2. The van der Waals surface area contributed by atoms with E-state index in [-0.39, 0.29) is 0 Å². The first-order valence-corrected chi connectivity index (χ1v) is 24.5. The summed E-state index contributed by atoms with van der Waals surface area (Å²) in [6.45, 7) is 14.9. The lowest BCUT2D eigenvalue weighted by Crippen LogP contribution is -2.14. The van der Waals surface area contributed by atoms with E-state index >= 15 is 0 Å². The van der Waals surface area contributed by atoms with Gasteiger partial charge < -0.3 is 4.90 Å². The molecule has 3 fully saturated rings. The first-order chi connectivity index (χ1) is 31.0. The zero-order chi connectivity index (χ0) is 43.5. The van der Waals surface area contributed by atoms with Gasteiger partial charge in [-0.15, -0.1) is 0 Å². The monoisotopic (exact) mass is 833 g/mol. The van der Waals surface area contributed by atoms with Crippen LogP contribution in [0, 0.1) is 16.2 Å². The van der Waals surface area contributed by atoms with Crippen molar-refractivity contribution in [2.24, 2.45) is 16.2 Å². The molecular weight excluding hydrogens is 771 g/mol. The lowest BCUT2D eigenvalue weighted by atomic mass is 9.80. The van der Waals surface area contributed by atoms with Crippen molar-refractivity contribution in [2.45, 2.75) is 116 Å². The van der Waals surface area contributed by atoms with Crippen molar-refractivity contribution in [3.63, 3.8) is 0 Å². The average molecular weight is 834 g/mol. The molecule has 0 spiro atoms. The number of benzene rings is 6. The molecular formula is C63H63N. The highest BCUT2D eigenvalue weighted by molar-refractivity contribution is 5.82. The Morgan fingerprint density at radius 3 is 0.875 bits per heavy atom. The van der Waals surface area contributed by atoms with E-state index in [1.165, 1.54) is 71.9 Å². The third kappa shape index (κ3) is 6.09. The van der Waals surface area contributed by atoms with Crippen LogP contribution in [0.25, 0.3) is 36.5 Å². The molecule has 12 rings (SSSR count). The molecule has 6 aliphatic carbocycles. The van der Waals surface area contributed by atoms with Gasteiger partial charge in [0, 0.05) is 17.1 Å². The van der Waals surface area contributed by atoms with Crippen LogP contribution in [0.15, 0.2) is 127 Å². The standard InChI is InChI=1S/C63H63N/c1-61(2)52-34-37-55(61)58-43(10-7-13-49(52)58)25-16-40-19-28-46(29-20-40)64(47-30-21-41(22-31-47)17-26-44-11-8-14-50-53-35-38-56(59(44)50)62(53,3)4)48-32-23-42(24-33-48)18-27-45-12-9-15-51-54-36-39-57(60(45)51)63(54,5)6/h7-33,52-57H,34-39H2,1-6H3. The Balaban J connectivity index is 0.838. The minimum atomic E-state index is 0.360. The van der Waals surface area contributed by atoms with Crippen molar-refractivity contribution in [1.29, 1.82) is 0 Å². The molecule has 6 aromatic carbocycles. The first kappa shape index (κ1) is 39.9. The summed E-state index contributed by atoms with van der Waals surface area (Å²) in [7, 11) is 0. The Hall–Kier alpha value is -5.66. The van der Waals surface area contributed by atoms with Crippen LogP contribution in [0.1, 0.15) is 182 Å². The normalized spacial score (nSPS) is 25.8. The van der Waals surface area contributed by atoms with Gasteiger partial charge >= 0.3 is 0 Å². The van der Waals surface area contributed by atoms with Crippen LogP contribution in [0.5, 0.6) is 0 Å². The summed E-state index contributed by atoms with van der Waals surface area (Å²) in [5.74, 6) is 4.07. The first-order valence-electron chi connectivity index (χ1n) is 24.5. The molecule has 0 saturated heterocycles. The van der Waals surface area contributed by atoms with Gasteiger partial charge in [-0.2, -0.15) is 0 Å². The van der Waals surface area contributed by atoms with E-state index in [0.29, 0.717) is 51.8 Å². The third-order valence-electron chi connectivity index (χ3n) is 18.1. The summed E-state index contributed by atoms with van der Waals surface area (Å²) >= 11 is 0. The SMILES string of the molecule is CC1(C)C2CCC1c1c(C=Cc3ccc(N(c4ccc(C=Cc5cccc6c5C5CCC6C5(C)C)cc4)c4ccc(C=Cc5cccc6c5C5CCC6C5(C)C)cc4)cc3)cccc12. The molecule has 6 bridgehead atoms. The van der Waals surface area contributed by atoms with Crippen LogP contribution in [0.4, 0.5) is 17.1 Å². The summed E-state index contributed by atoms with van der Waals surface area (Å²) in [5.41, 5.74) is 22.0. The van der Waals surface area contributed by atoms with Gasteiger partial charge in [0.1, 0.15) is 0 Å². The van der Waals surface area contributed by atoms with Crippen LogP contribution < -0.4 is 4.90 Å². The molecule has 3 saturated carbocycles. The van der Waals surface area contributed by atoms with Gasteiger partial charge in [-0.25, -0.2) is 0 Å². The molecule has 0 aliphatic heterocycles. The van der Waals surface area contributed by atoms with E-state index in [2.05, 4.69) is 210 Å². The molecule has 6 atom stereocenters. The van der Waals surface area contributed by atoms with E-state index in [9.17, 15) is 0 Å². The topological polar surface area (TPSA) is 3.24 Å². The van der Waals surface area contributed by atoms with Gasteiger partial charge in [0.25, 0.3) is 0 Å². The zero-order valence-corrected chi connectivity index (χ0v) is 38.7. The molecule has 1 heteroatoms. The van der Waals surface area contributed by atoms with Gasteiger partial charge in [0.2, 0.25) is 0 Å². The quantitative estimate of drug-likeness (QED) is 0.131. The molecule has 0 N–H and O–H groups in total. The molecule has 1 nitrogen and oxygen atoms in total. The van der Waals surface area contributed by atoms with Crippen molar-refractivity contribution >= 4 is 53.5 Å². The van der Waals surface area contributed by atoms with E-state index in [1.807, 2.05) is 0 Å². The van der Waals surface area contributed by atoms with Crippen molar-refractivity contribution < 1.29 is 0 Å². The molecule has 0 radical (unpaired) electrons. The maximum absolute atomic E-state index is 2.49. The number of rotatable bonds is 9. The summed E-state index contributed by atoms with van der Waals surface area (Å²) in [6.07, 6.45) is 22.0. The van der Waals surface area contributed by atoms with E-state index in [1.54, 1.807) is 33.4 Å². The van der Waals surface area contributed by atoms with Crippen molar-refractivity contribution in [3.8, 4) is 0 Å². The number of nitrogens with zero attached hydrogens (tertiary/aromatic N) is 1. The van der Waals surface area contributed by atoms with Crippen LogP contribution in [-0.2, 0) is 0 Å². The van der Waals surface area contributed by atoms with E-state index in [0.717, 1.165) is 17.1 Å². The van der Waals surface area contributed by atoms with Crippen LogP contribution in [0.2, 0.25) is 0 Å². The number of hydrogen-bond acceptors (Lipinski definition) is 1. The molecule has 6 aromatic rings. The summed E-state index contributed by atoms with van der Waals surface area (Å²) < 4.78 is 0. The fourth-order valence-corrected chi connectivity index (χ4v) is 14.7. The van der Waals surface area contributed by atoms with Gasteiger partial charge in [0.15, 0.2) is 0 Å². The van der Waals surface area contributed by atoms with Crippen LogP contribution in [0.3, 0.4) is 0 Å². The minimum Gasteiger partial charge on any atom is -0.311 e. The smallest absolute Gasteiger partial charge is 0.0462 e. The highest BCUT2D eigenvalue weighted by Gasteiger charge is 2.54. The Kier molecular flexibility index (Phi) is 9.15. The van der Waals surface area contributed by atoms with E-state index < -0.39 is 0 Å². The molecule has 6 unspecified atom stereocenters. The fourth-order valence-electron chi connectivity index (χ4n) is 14.7. The maximum atomic E-state index is 2.49. The largest absolute Gasteiger partial charge is 0.311 e. The average Bonchev–Trinajstić information content (AvgIpc) is 4.07. The van der Waals surface area contributed by atoms with E-state index in [4.69, 9.17) is 0 Å². The molecule has 0 amide bonds. The Morgan fingerprint density at radius 2 is 0.594 bits per heavy atom. The van der Waals surface area contributed by atoms with Gasteiger partial charge in [-0.1, -0.05) is 169 Å². The van der Waals surface area contributed by atoms with Crippen molar-refractivity contribution in [1.82, 2.24) is 0 Å². The number of hydrogen-bond donors (Lipinski definition) is 0. The van der Waals surface area contributed by atoms with Crippen LogP contribution in [-0.4, -0.2) is 0 Å². The predicted octanol–water partition coefficient (Wildman–Crippen LogP) is 17.7. The summed E-state index contributed by atoms with van der Waals surface area (Å²) in [5, 5.41) is 0. The van der Waals surface area contributed by atoms with Gasteiger partial charge in [-0.3, -0.25) is 0 Å². The summed E-state index contributed by atoms with van der Waals surface area (Å²) in [6, 6.07) is 48.4. The fraction of sp³-hybridized carbons (Fsp3) is 0.333. The third-order valence-corrected chi connectivity index (χ3v) is 18.1. The van der Waals surface area contributed by atoms with Crippen molar-refractivity contribution in [3.05, 3.63) is 194 Å². The molecule has 0 aromatic heterocycles. The lowest BCUT2D eigenvalue weighted by molar-refractivity contribution is 0.325. The van der Waals surface area contributed by atoms with Crippen molar-refractivity contribution in [2.75, 3.05) is 4.90 Å².